The van der Waals surface area contributed by atoms with Crippen molar-refractivity contribution < 1.29 is 4.79 Å². The average Bonchev–Trinajstić information content (AvgIpc) is 3.08. The van der Waals surface area contributed by atoms with E-state index in [1.807, 2.05) is 4.90 Å². The van der Waals surface area contributed by atoms with Crippen LogP contribution in [0.5, 0.6) is 0 Å². The van der Waals surface area contributed by atoms with Gasteiger partial charge in [-0.25, -0.2) is 4.79 Å². The number of hydrogen-bond donors (Lipinski definition) is 1. The SMILES string of the molecule is C[C@H](NC(=O)N1CCc2sccc2C1)c1ccc2c(c1)CCCC2. The first-order valence-corrected chi connectivity index (χ1v) is 9.81. The Labute approximate surface area is 147 Å². The third-order valence-electron chi connectivity index (χ3n) is 5.31. The fourth-order valence-corrected chi connectivity index (χ4v) is 4.69. The molecular formula is C20H24N2OS. The Hall–Kier alpha value is -1.81. The zero-order chi connectivity index (χ0) is 16.5. The van der Waals surface area contributed by atoms with Gasteiger partial charge in [-0.05, 0) is 72.7 Å². The van der Waals surface area contributed by atoms with Gasteiger partial charge in [0.25, 0.3) is 0 Å². The fraction of sp³-hybridized carbons (Fsp3) is 0.450. The Balaban J connectivity index is 1.42. The Morgan fingerprint density at radius 1 is 1.12 bits per heavy atom. The predicted octanol–water partition coefficient (Wildman–Crippen LogP) is 4.46. The van der Waals surface area contributed by atoms with E-state index in [1.165, 1.54) is 52.8 Å². The summed E-state index contributed by atoms with van der Waals surface area (Å²) in [6, 6.07) is 8.98. The van der Waals surface area contributed by atoms with Crippen LogP contribution in [0.3, 0.4) is 0 Å². The van der Waals surface area contributed by atoms with Gasteiger partial charge in [0.2, 0.25) is 0 Å². The average molecular weight is 340 g/mol. The molecule has 2 amide bonds. The molecule has 1 aromatic carbocycles. The van der Waals surface area contributed by atoms with E-state index in [0.717, 1.165) is 19.5 Å². The molecule has 0 spiro atoms. The smallest absolute Gasteiger partial charge is 0.318 e. The van der Waals surface area contributed by atoms with Crippen molar-refractivity contribution in [2.45, 2.75) is 51.6 Å². The molecule has 3 nitrogen and oxygen atoms in total. The minimum Gasteiger partial charge on any atom is -0.331 e. The van der Waals surface area contributed by atoms with Crippen molar-refractivity contribution in [2.75, 3.05) is 6.54 Å². The zero-order valence-electron chi connectivity index (χ0n) is 14.2. The van der Waals surface area contributed by atoms with E-state index in [1.54, 1.807) is 11.3 Å². The van der Waals surface area contributed by atoms with Crippen LogP contribution >= 0.6 is 11.3 Å². The summed E-state index contributed by atoms with van der Waals surface area (Å²) in [5, 5.41) is 5.31. The minimum atomic E-state index is 0.0496. The van der Waals surface area contributed by atoms with E-state index in [4.69, 9.17) is 0 Å². The summed E-state index contributed by atoms with van der Waals surface area (Å²) < 4.78 is 0. The Morgan fingerprint density at radius 2 is 1.96 bits per heavy atom. The summed E-state index contributed by atoms with van der Waals surface area (Å²) >= 11 is 1.80. The molecule has 2 aliphatic rings. The van der Waals surface area contributed by atoms with E-state index in [0.29, 0.717) is 0 Å². The van der Waals surface area contributed by atoms with Crippen LogP contribution in [0, 0.1) is 0 Å². The molecule has 1 N–H and O–H groups in total. The molecule has 2 aromatic rings. The molecule has 0 fully saturated rings. The van der Waals surface area contributed by atoms with Crippen LogP contribution in [0.4, 0.5) is 4.79 Å². The molecule has 1 aliphatic heterocycles. The number of nitrogens with one attached hydrogen (secondary N) is 1. The van der Waals surface area contributed by atoms with Crippen LogP contribution in [-0.2, 0) is 25.8 Å². The fourth-order valence-electron chi connectivity index (χ4n) is 3.80. The molecule has 0 unspecified atom stereocenters. The number of aryl methyl sites for hydroxylation is 2. The van der Waals surface area contributed by atoms with E-state index in [-0.39, 0.29) is 12.1 Å². The molecule has 4 rings (SSSR count). The van der Waals surface area contributed by atoms with Crippen molar-refractivity contribution in [2.24, 2.45) is 0 Å². The largest absolute Gasteiger partial charge is 0.331 e. The zero-order valence-corrected chi connectivity index (χ0v) is 15.0. The lowest BCUT2D eigenvalue weighted by Gasteiger charge is -2.29. The summed E-state index contributed by atoms with van der Waals surface area (Å²) in [5.41, 5.74) is 5.49. The third-order valence-corrected chi connectivity index (χ3v) is 6.33. The number of rotatable bonds is 2. The highest BCUT2D eigenvalue weighted by molar-refractivity contribution is 7.10. The number of fused-ring (bicyclic) bond motifs is 2. The second-order valence-corrected chi connectivity index (χ2v) is 7.95. The van der Waals surface area contributed by atoms with Gasteiger partial charge < -0.3 is 10.2 Å². The van der Waals surface area contributed by atoms with Crippen molar-refractivity contribution in [1.82, 2.24) is 10.2 Å². The highest BCUT2D eigenvalue weighted by atomic mass is 32.1. The lowest BCUT2D eigenvalue weighted by Crippen LogP contribution is -2.43. The third kappa shape index (κ3) is 3.07. The molecule has 0 radical (unpaired) electrons. The maximum atomic E-state index is 12.6. The minimum absolute atomic E-state index is 0.0496. The van der Waals surface area contributed by atoms with Crippen molar-refractivity contribution in [3.63, 3.8) is 0 Å². The molecule has 0 saturated heterocycles. The summed E-state index contributed by atoms with van der Waals surface area (Å²) in [4.78, 5) is 16.0. The first-order chi connectivity index (χ1) is 11.7. The summed E-state index contributed by atoms with van der Waals surface area (Å²) in [5.74, 6) is 0. The molecule has 0 saturated carbocycles. The Bertz CT molecular complexity index is 752. The second-order valence-electron chi connectivity index (χ2n) is 6.95. The monoisotopic (exact) mass is 340 g/mol. The van der Waals surface area contributed by atoms with Gasteiger partial charge in [0.15, 0.2) is 0 Å². The number of benzene rings is 1. The number of nitrogens with zero attached hydrogens (tertiary/aromatic N) is 1. The molecule has 1 aliphatic carbocycles. The van der Waals surface area contributed by atoms with Gasteiger partial charge in [-0.1, -0.05) is 18.2 Å². The van der Waals surface area contributed by atoms with Crippen LogP contribution < -0.4 is 5.32 Å². The molecule has 1 aromatic heterocycles. The van der Waals surface area contributed by atoms with Gasteiger partial charge in [0.05, 0.1) is 6.04 Å². The highest BCUT2D eigenvalue weighted by Gasteiger charge is 2.23. The number of carbonyl (C=O) groups excluding carboxylic acids is 1. The summed E-state index contributed by atoms with van der Waals surface area (Å²) in [6.45, 7) is 3.64. The molecule has 24 heavy (non-hydrogen) atoms. The van der Waals surface area contributed by atoms with Crippen LogP contribution in [-0.4, -0.2) is 17.5 Å². The number of urea groups is 1. The van der Waals surface area contributed by atoms with E-state index >= 15 is 0 Å². The molecule has 126 valence electrons. The van der Waals surface area contributed by atoms with Gasteiger partial charge in [-0.3, -0.25) is 0 Å². The first kappa shape index (κ1) is 15.7. The van der Waals surface area contributed by atoms with Crippen LogP contribution in [0.25, 0.3) is 0 Å². The van der Waals surface area contributed by atoms with Crippen LogP contribution in [0.1, 0.15) is 52.9 Å². The quantitative estimate of drug-likeness (QED) is 0.860. The van der Waals surface area contributed by atoms with Gasteiger partial charge in [-0.15, -0.1) is 11.3 Å². The summed E-state index contributed by atoms with van der Waals surface area (Å²) in [6.07, 6.45) is 5.95. The number of carbonyl (C=O) groups is 1. The molecule has 2 heterocycles. The topological polar surface area (TPSA) is 32.3 Å². The predicted molar refractivity (Wildman–Crippen MR) is 98.5 cm³/mol. The number of thiophene rings is 1. The Morgan fingerprint density at radius 3 is 2.83 bits per heavy atom. The van der Waals surface area contributed by atoms with Crippen molar-refractivity contribution in [1.29, 1.82) is 0 Å². The second kappa shape index (κ2) is 6.60. The van der Waals surface area contributed by atoms with Gasteiger partial charge in [-0.2, -0.15) is 0 Å². The van der Waals surface area contributed by atoms with E-state index < -0.39 is 0 Å². The molecule has 1 atom stereocenters. The normalized spacial score (nSPS) is 17.8. The van der Waals surface area contributed by atoms with Crippen molar-refractivity contribution in [3.8, 4) is 0 Å². The first-order valence-electron chi connectivity index (χ1n) is 8.93. The van der Waals surface area contributed by atoms with Crippen molar-refractivity contribution >= 4 is 17.4 Å². The maximum Gasteiger partial charge on any atom is 0.318 e. The highest BCUT2D eigenvalue weighted by Crippen LogP contribution is 2.26. The van der Waals surface area contributed by atoms with E-state index in [2.05, 4.69) is 41.9 Å². The summed E-state index contributed by atoms with van der Waals surface area (Å²) in [7, 11) is 0. The van der Waals surface area contributed by atoms with Gasteiger partial charge in [0, 0.05) is 18.0 Å². The van der Waals surface area contributed by atoms with Crippen LogP contribution in [0.2, 0.25) is 0 Å². The van der Waals surface area contributed by atoms with Crippen molar-refractivity contribution in [3.05, 3.63) is 56.8 Å². The lowest BCUT2D eigenvalue weighted by atomic mass is 9.89. The lowest BCUT2D eigenvalue weighted by molar-refractivity contribution is 0.189. The molecular weight excluding hydrogens is 316 g/mol. The number of hydrogen-bond acceptors (Lipinski definition) is 2. The Kier molecular flexibility index (Phi) is 4.31. The molecule has 4 heteroatoms. The number of amides is 2. The van der Waals surface area contributed by atoms with E-state index in [9.17, 15) is 4.79 Å². The van der Waals surface area contributed by atoms with Gasteiger partial charge >= 0.3 is 6.03 Å². The van der Waals surface area contributed by atoms with Crippen LogP contribution in [0.15, 0.2) is 29.6 Å². The maximum absolute atomic E-state index is 12.6. The molecule has 0 bridgehead atoms. The standard InChI is InChI=1S/C20H24N2OS/c1-14(16-7-6-15-4-2-3-5-17(15)12-16)21-20(23)22-10-8-19-18(13-22)9-11-24-19/h6-7,9,11-12,14H,2-5,8,10,13H2,1H3,(H,21,23)/t14-/m0/s1. The van der Waals surface area contributed by atoms with Gasteiger partial charge in [0.1, 0.15) is 0 Å².